The van der Waals surface area contributed by atoms with Gasteiger partial charge in [0.2, 0.25) is 0 Å². The van der Waals surface area contributed by atoms with Crippen LogP contribution >= 0.6 is 0 Å². The second kappa shape index (κ2) is 5.16. The molecule has 0 bridgehead atoms. The molecule has 6 heteroatoms. The lowest BCUT2D eigenvalue weighted by molar-refractivity contribution is 0.0175. The second-order valence-electron chi connectivity index (χ2n) is 4.55. The van der Waals surface area contributed by atoms with E-state index in [1.54, 1.807) is 29.4 Å². The smallest absolute Gasteiger partial charge is 0.260 e. The number of nitrogens with one attached hydrogen (secondary N) is 1. The fraction of sp³-hybridized carbons (Fsp3) is 0.214. The van der Waals surface area contributed by atoms with E-state index in [9.17, 15) is 9.59 Å². The van der Waals surface area contributed by atoms with Crippen LogP contribution in [0.25, 0.3) is 0 Å². The molecule has 1 saturated heterocycles. The normalized spacial score (nSPS) is 14.7. The first-order chi connectivity index (χ1) is 9.74. The van der Waals surface area contributed by atoms with E-state index in [4.69, 9.17) is 4.74 Å². The van der Waals surface area contributed by atoms with Gasteiger partial charge >= 0.3 is 0 Å². The lowest BCUT2D eigenvalue weighted by Gasteiger charge is -2.38. The number of pyridine rings is 2. The molecule has 0 radical (unpaired) electrons. The molecule has 1 aliphatic rings. The Morgan fingerprint density at radius 1 is 1.35 bits per heavy atom. The van der Waals surface area contributed by atoms with Gasteiger partial charge in [0.25, 0.3) is 11.5 Å². The molecule has 102 valence electrons. The van der Waals surface area contributed by atoms with Gasteiger partial charge in [-0.1, -0.05) is 0 Å². The molecule has 2 aromatic heterocycles. The van der Waals surface area contributed by atoms with Crippen molar-refractivity contribution in [1.82, 2.24) is 14.9 Å². The van der Waals surface area contributed by atoms with Gasteiger partial charge < -0.3 is 14.6 Å². The Bertz CT molecular complexity index is 663. The minimum atomic E-state index is -0.367. The van der Waals surface area contributed by atoms with Crippen LogP contribution in [0.1, 0.15) is 10.4 Å². The van der Waals surface area contributed by atoms with Crippen molar-refractivity contribution in [3.05, 3.63) is 58.8 Å². The van der Waals surface area contributed by atoms with E-state index in [1.165, 1.54) is 12.3 Å². The SMILES string of the molecule is O=C(c1ccc[nH]c1=O)N1CC(Oc2cccnc2)C1. The van der Waals surface area contributed by atoms with Gasteiger partial charge in [-0.2, -0.15) is 0 Å². The highest BCUT2D eigenvalue weighted by atomic mass is 16.5. The molecule has 20 heavy (non-hydrogen) atoms. The Labute approximate surface area is 115 Å². The van der Waals surface area contributed by atoms with Crippen LogP contribution < -0.4 is 10.3 Å². The Hall–Kier alpha value is -2.63. The summed E-state index contributed by atoms with van der Waals surface area (Å²) in [5.74, 6) is 0.417. The predicted octanol–water partition coefficient (Wildman–Crippen LogP) is 0.673. The van der Waals surface area contributed by atoms with Crippen molar-refractivity contribution in [2.75, 3.05) is 13.1 Å². The lowest BCUT2D eigenvalue weighted by atomic mass is 10.1. The lowest BCUT2D eigenvalue weighted by Crippen LogP contribution is -2.56. The highest BCUT2D eigenvalue weighted by molar-refractivity contribution is 5.94. The molecule has 6 nitrogen and oxygen atoms in total. The van der Waals surface area contributed by atoms with E-state index in [0.29, 0.717) is 18.8 Å². The van der Waals surface area contributed by atoms with Crippen LogP contribution in [0.15, 0.2) is 47.7 Å². The summed E-state index contributed by atoms with van der Waals surface area (Å²) in [5.41, 5.74) is -0.207. The molecule has 0 atom stereocenters. The average Bonchev–Trinajstić information content (AvgIpc) is 2.43. The summed E-state index contributed by atoms with van der Waals surface area (Å²) in [4.78, 5) is 31.7. The summed E-state index contributed by atoms with van der Waals surface area (Å²) in [5, 5.41) is 0. The molecule has 0 aliphatic carbocycles. The quantitative estimate of drug-likeness (QED) is 0.890. The number of H-pyrrole nitrogens is 1. The third-order valence-corrected chi connectivity index (χ3v) is 3.12. The topological polar surface area (TPSA) is 75.3 Å². The third-order valence-electron chi connectivity index (χ3n) is 3.12. The van der Waals surface area contributed by atoms with E-state index in [-0.39, 0.29) is 23.1 Å². The Kier molecular flexibility index (Phi) is 3.20. The van der Waals surface area contributed by atoms with Gasteiger partial charge in [-0.15, -0.1) is 0 Å². The second-order valence-corrected chi connectivity index (χ2v) is 4.55. The molecule has 3 rings (SSSR count). The van der Waals surface area contributed by atoms with Gasteiger partial charge in [0.15, 0.2) is 0 Å². The van der Waals surface area contributed by atoms with Crippen LogP contribution in [0.3, 0.4) is 0 Å². The number of hydrogen-bond donors (Lipinski definition) is 1. The molecule has 3 heterocycles. The van der Waals surface area contributed by atoms with E-state index in [1.807, 2.05) is 6.07 Å². The van der Waals surface area contributed by atoms with Crippen molar-refractivity contribution < 1.29 is 9.53 Å². The van der Waals surface area contributed by atoms with Gasteiger partial charge in [-0.3, -0.25) is 14.6 Å². The first-order valence-electron chi connectivity index (χ1n) is 6.28. The Morgan fingerprint density at radius 3 is 2.90 bits per heavy atom. The molecule has 1 aliphatic heterocycles. The summed E-state index contributed by atoms with van der Waals surface area (Å²) in [6.07, 6.45) is 4.76. The zero-order valence-corrected chi connectivity index (χ0v) is 10.7. The van der Waals surface area contributed by atoms with E-state index in [0.717, 1.165) is 0 Å². The fourth-order valence-corrected chi connectivity index (χ4v) is 2.05. The first-order valence-corrected chi connectivity index (χ1v) is 6.28. The van der Waals surface area contributed by atoms with Crippen LogP contribution in [0, 0.1) is 0 Å². The summed E-state index contributed by atoms with van der Waals surface area (Å²) in [6.45, 7) is 0.949. The number of aromatic nitrogens is 2. The van der Waals surface area contributed by atoms with Gasteiger partial charge in [0, 0.05) is 12.4 Å². The maximum atomic E-state index is 12.1. The van der Waals surface area contributed by atoms with E-state index in [2.05, 4.69) is 9.97 Å². The monoisotopic (exact) mass is 271 g/mol. The minimum absolute atomic E-state index is 0.0501. The summed E-state index contributed by atoms with van der Waals surface area (Å²) >= 11 is 0. The largest absolute Gasteiger partial charge is 0.485 e. The molecular weight excluding hydrogens is 258 g/mol. The molecule has 1 amide bonds. The average molecular weight is 271 g/mol. The molecule has 0 saturated carbocycles. The predicted molar refractivity (Wildman–Crippen MR) is 71.6 cm³/mol. The highest BCUT2D eigenvalue weighted by Gasteiger charge is 2.33. The summed E-state index contributed by atoms with van der Waals surface area (Å²) in [6, 6.07) is 6.77. The maximum absolute atomic E-state index is 12.1. The number of nitrogens with zero attached hydrogens (tertiary/aromatic N) is 2. The van der Waals surface area contributed by atoms with E-state index >= 15 is 0 Å². The maximum Gasteiger partial charge on any atom is 0.260 e. The van der Waals surface area contributed by atoms with Crippen LogP contribution in [0.2, 0.25) is 0 Å². The van der Waals surface area contributed by atoms with Gasteiger partial charge in [0.05, 0.1) is 19.3 Å². The first kappa shape index (κ1) is 12.4. The van der Waals surface area contributed by atoms with Gasteiger partial charge in [-0.05, 0) is 24.3 Å². The third kappa shape index (κ3) is 2.40. The number of carbonyl (C=O) groups excluding carboxylic acids is 1. The number of hydrogen-bond acceptors (Lipinski definition) is 4. The van der Waals surface area contributed by atoms with Gasteiger partial charge in [0.1, 0.15) is 17.4 Å². The fourth-order valence-electron chi connectivity index (χ4n) is 2.05. The zero-order chi connectivity index (χ0) is 13.9. The van der Waals surface area contributed by atoms with Gasteiger partial charge in [-0.25, -0.2) is 0 Å². The van der Waals surface area contributed by atoms with Crippen molar-refractivity contribution >= 4 is 5.91 Å². The zero-order valence-electron chi connectivity index (χ0n) is 10.7. The Morgan fingerprint density at radius 2 is 2.20 bits per heavy atom. The molecule has 1 fully saturated rings. The summed E-state index contributed by atoms with van der Waals surface area (Å²) < 4.78 is 5.65. The van der Waals surface area contributed by atoms with Crippen molar-refractivity contribution in [3.63, 3.8) is 0 Å². The molecule has 0 spiro atoms. The number of rotatable bonds is 3. The number of aromatic amines is 1. The Balaban J connectivity index is 1.59. The number of carbonyl (C=O) groups is 1. The molecule has 0 unspecified atom stereocenters. The van der Waals surface area contributed by atoms with Crippen LogP contribution in [-0.4, -0.2) is 40.0 Å². The number of amides is 1. The highest BCUT2D eigenvalue weighted by Crippen LogP contribution is 2.18. The molecule has 0 aromatic carbocycles. The van der Waals surface area contributed by atoms with Crippen LogP contribution in [0.5, 0.6) is 5.75 Å². The van der Waals surface area contributed by atoms with E-state index < -0.39 is 0 Å². The number of ether oxygens (including phenoxy) is 1. The van der Waals surface area contributed by atoms with Crippen molar-refractivity contribution in [2.45, 2.75) is 6.10 Å². The summed E-state index contributed by atoms with van der Waals surface area (Å²) in [7, 11) is 0. The van der Waals surface area contributed by atoms with Crippen molar-refractivity contribution in [2.24, 2.45) is 0 Å². The minimum Gasteiger partial charge on any atom is -0.485 e. The molecular formula is C14H13N3O3. The van der Waals surface area contributed by atoms with Crippen molar-refractivity contribution in [1.29, 1.82) is 0 Å². The number of likely N-dealkylation sites (tertiary alicyclic amines) is 1. The molecule has 1 N–H and O–H groups in total. The standard InChI is InChI=1S/C14H13N3O3/c18-13-12(4-2-6-16-13)14(19)17-8-11(9-17)20-10-3-1-5-15-7-10/h1-7,11H,8-9H2,(H,16,18). The van der Waals surface area contributed by atoms with Crippen LogP contribution in [0.4, 0.5) is 0 Å². The van der Waals surface area contributed by atoms with Crippen LogP contribution in [-0.2, 0) is 0 Å². The molecule has 2 aromatic rings. The van der Waals surface area contributed by atoms with Crippen molar-refractivity contribution in [3.8, 4) is 5.75 Å².